The molecule has 0 atom stereocenters. The molecule has 0 N–H and O–H groups in total. The molecule has 0 amide bonds. The molecular formula is C33H33N3O2. The molecule has 0 saturated heterocycles. The Morgan fingerprint density at radius 3 is 2.47 bits per heavy atom. The molecule has 0 spiro atoms. The van der Waals surface area contributed by atoms with Crippen molar-refractivity contribution in [3.05, 3.63) is 114 Å². The summed E-state index contributed by atoms with van der Waals surface area (Å²) in [5, 5.41) is 1.17. The summed E-state index contributed by atoms with van der Waals surface area (Å²) < 4.78 is 13.7. The van der Waals surface area contributed by atoms with Crippen molar-refractivity contribution in [2.75, 3.05) is 6.79 Å². The normalized spacial score (nSPS) is 12.5. The molecule has 38 heavy (non-hydrogen) atoms. The second kappa shape index (κ2) is 11.1. The summed E-state index contributed by atoms with van der Waals surface area (Å²) in [5.41, 5.74) is 7.40. The maximum absolute atomic E-state index is 5.67. The third-order valence-electron chi connectivity index (χ3n) is 7.18. The van der Waals surface area contributed by atoms with Gasteiger partial charge < -0.3 is 14.0 Å². The van der Waals surface area contributed by atoms with E-state index >= 15 is 0 Å². The van der Waals surface area contributed by atoms with Crippen molar-refractivity contribution in [2.24, 2.45) is 0 Å². The number of rotatable bonds is 10. The average molecular weight is 504 g/mol. The maximum Gasteiger partial charge on any atom is 0.231 e. The molecule has 2 aromatic heterocycles. The summed E-state index contributed by atoms with van der Waals surface area (Å²) in [6.07, 6.45) is 4.17. The van der Waals surface area contributed by atoms with Gasteiger partial charge in [0, 0.05) is 49.1 Å². The molecule has 0 radical (unpaired) electrons. The largest absolute Gasteiger partial charge is 0.454 e. The Kier molecular flexibility index (Phi) is 7.10. The number of nitrogens with zero attached hydrogens (tertiary/aromatic N) is 3. The average Bonchev–Trinajstić information content (AvgIpc) is 3.59. The third kappa shape index (κ3) is 5.29. The van der Waals surface area contributed by atoms with E-state index in [1.165, 1.54) is 33.5 Å². The molecule has 3 aromatic carbocycles. The molecule has 0 unspecified atom stereocenters. The van der Waals surface area contributed by atoms with Gasteiger partial charge in [-0.1, -0.05) is 61.9 Å². The minimum atomic E-state index is 0.292. The first-order valence-corrected chi connectivity index (χ1v) is 13.5. The Morgan fingerprint density at radius 1 is 0.789 bits per heavy atom. The van der Waals surface area contributed by atoms with Gasteiger partial charge in [-0.3, -0.25) is 9.88 Å². The lowest BCUT2D eigenvalue weighted by molar-refractivity contribution is 0.174. The van der Waals surface area contributed by atoms with Crippen LogP contribution >= 0.6 is 0 Å². The fourth-order valence-electron chi connectivity index (χ4n) is 5.27. The number of hydrogen-bond acceptors (Lipinski definition) is 4. The van der Waals surface area contributed by atoms with Crippen LogP contribution in [0.1, 0.15) is 36.6 Å². The second-order valence-electron chi connectivity index (χ2n) is 9.94. The predicted molar refractivity (Wildman–Crippen MR) is 152 cm³/mol. The van der Waals surface area contributed by atoms with Gasteiger partial charge in [-0.25, -0.2) is 0 Å². The van der Waals surface area contributed by atoms with Crippen LogP contribution in [0, 0.1) is 0 Å². The summed E-state index contributed by atoms with van der Waals surface area (Å²) in [4.78, 5) is 7.01. The van der Waals surface area contributed by atoms with Gasteiger partial charge >= 0.3 is 0 Å². The first kappa shape index (κ1) is 24.3. The van der Waals surface area contributed by atoms with Crippen LogP contribution in [0.4, 0.5) is 0 Å². The summed E-state index contributed by atoms with van der Waals surface area (Å²) in [6.45, 7) is 6.05. The van der Waals surface area contributed by atoms with Crippen LogP contribution in [-0.2, 0) is 26.2 Å². The van der Waals surface area contributed by atoms with Crippen molar-refractivity contribution < 1.29 is 9.47 Å². The minimum Gasteiger partial charge on any atom is -0.454 e. The van der Waals surface area contributed by atoms with Gasteiger partial charge in [0.05, 0.1) is 5.52 Å². The minimum absolute atomic E-state index is 0.292. The zero-order valence-electron chi connectivity index (χ0n) is 21.8. The number of hydrogen-bond donors (Lipinski definition) is 0. The van der Waals surface area contributed by atoms with E-state index < -0.39 is 0 Å². The quantitative estimate of drug-likeness (QED) is 0.199. The highest BCUT2D eigenvalue weighted by atomic mass is 16.7. The Bertz CT molecular complexity index is 1530. The molecule has 1 aliphatic heterocycles. The van der Waals surface area contributed by atoms with Crippen molar-refractivity contribution in [1.29, 1.82) is 0 Å². The van der Waals surface area contributed by atoms with E-state index in [1.54, 1.807) is 0 Å². The van der Waals surface area contributed by atoms with E-state index in [0.717, 1.165) is 56.0 Å². The summed E-state index contributed by atoms with van der Waals surface area (Å²) in [7, 11) is 0. The van der Waals surface area contributed by atoms with Crippen molar-refractivity contribution in [3.8, 4) is 22.8 Å². The molecule has 0 saturated carbocycles. The fourth-order valence-corrected chi connectivity index (χ4v) is 5.27. The van der Waals surface area contributed by atoms with Crippen LogP contribution in [-0.4, -0.2) is 21.2 Å². The lowest BCUT2D eigenvalue weighted by atomic mass is 10.1. The van der Waals surface area contributed by atoms with E-state index in [0.29, 0.717) is 6.79 Å². The number of unbranched alkanes of at least 4 members (excludes halogenated alkanes) is 1. The third-order valence-corrected chi connectivity index (χ3v) is 7.18. The first-order valence-electron chi connectivity index (χ1n) is 13.5. The molecule has 5 heteroatoms. The standard InChI is InChI=1S/C33H33N3O2/c1-2-3-18-36-29(13-15-31(36)27-8-5-4-6-9-27)23-35(22-26-12-16-32-33(20-26)38-24-37-32)21-25-11-14-30-28(19-25)10-7-17-34-30/h4-17,19-20H,2-3,18,21-24H2,1H3. The number of aromatic nitrogens is 2. The molecule has 3 heterocycles. The molecule has 0 aliphatic carbocycles. The van der Waals surface area contributed by atoms with Gasteiger partial charge in [0.1, 0.15) is 0 Å². The number of ether oxygens (including phenoxy) is 2. The molecule has 1 aliphatic rings. The van der Waals surface area contributed by atoms with Crippen LogP contribution in [0.25, 0.3) is 22.2 Å². The van der Waals surface area contributed by atoms with E-state index in [4.69, 9.17) is 9.47 Å². The summed E-state index contributed by atoms with van der Waals surface area (Å²) in [6, 6.07) is 32.3. The molecular weight excluding hydrogens is 470 g/mol. The van der Waals surface area contributed by atoms with Gasteiger partial charge in [-0.2, -0.15) is 0 Å². The summed E-state index contributed by atoms with van der Waals surface area (Å²) in [5.74, 6) is 1.65. The number of pyridine rings is 1. The molecule has 5 nitrogen and oxygen atoms in total. The zero-order valence-corrected chi connectivity index (χ0v) is 21.8. The number of fused-ring (bicyclic) bond motifs is 2. The highest BCUT2D eigenvalue weighted by molar-refractivity contribution is 5.78. The van der Waals surface area contributed by atoms with E-state index in [9.17, 15) is 0 Å². The van der Waals surface area contributed by atoms with Crippen LogP contribution in [0.2, 0.25) is 0 Å². The summed E-state index contributed by atoms with van der Waals surface area (Å²) >= 11 is 0. The SMILES string of the molecule is CCCCn1c(CN(Cc2ccc3c(c2)OCO3)Cc2ccc3ncccc3c2)ccc1-c1ccccc1. The zero-order chi connectivity index (χ0) is 25.7. The van der Waals surface area contributed by atoms with Gasteiger partial charge in [0.2, 0.25) is 6.79 Å². The van der Waals surface area contributed by atoms with Crippen molar-refractivity contribution in [3.63, 3.8) is 0 Å². The maximum atomic E-state index is 5.67. The van der Waals surface area contributed by atoms with Gasteiger partial charge in [-0.15, -0.1) is 0 Å². The second-order valence-corrected chi connectivity index (χ2v) is 9.94. The van der Waals surface area contributed by atoms with E-state index in [2.05, 4.69) is 100 Å². The van der Waals surface area contributed by atoms with Crippen molar-refractivity contribution >= 4 is 10.9 Å². The lowest BCUT2D eigenvalue weighted by Gasteiger charge is -2.24. The Hall–Kier alpha value is -4.09. The highest BCUT2D eigenvalue weighted by Crippen LogP contribution is 2.33. The topological polar surface area (TPSA) is 39.5 Å². The molecule has 192 valence electrons. The molecule has 0 fully saturated rings. The van der Waals surface area contributed by atoms with Crippen molar-refractivity contribution in [2.45, 2.75) is 45.9 Å². The van der Waals surface area contributed by atoms with Gasteiger partial charge in [0.25, 0.3) is 0 Å². The highest BCUT2D eigenvalue weighted by Gasteiger charge is 2.18. The Morgan fingerprint density at radius 2 is 1.61 bits per heavy atom. The van der Waals surface area contributed by atoms with Gasteiger partial charge in [0.15, 0.2) is 11.5 Å². The van der Waals surface area contributed by atoms with Crippen LogP contribution in [0.15, 0.2) is 97.2 Å². The monoisotopic (exact) mass is 503 g/mol. The predicted octanol–water partition coefficient (Wildman–Crippen LogP) is 7.43. The Balaban J connectivity index is 1.32. The van der Waals surface area contributed by atoms with Crippen LogP contribution in [0.5, 0.6) is 11.5 Å². The van der Waals surface area contributed by atoms with E-state index in [1.807, 2.05) is 18.3 Å². The molecule has 5 aromatic rings. The lowest BCUT2D eigenvalue weighted by Crippen LogP contribution is -2.24. The Labute approximate surface area is 224 Å². The molecule has 6 rings (SSSR count). The number of benzene rings is 3. The van der Waals surface area contributed by atoms with E-state index in [-0.39, 0.29) is 0 Å². The van der Waals surface area contributed by atoms with Crippen LogP contribution < -0.4 is 9.47 Å². The molecule has 0 bridgehead atoms. The smallest absolute Gasteiger partial charge is 0.231 e. The van der Waals surface area contributed by atoms with Crippen molar-refractivity contribution in [1.82, 2.24) is 14.5 Å². The van der Waals surface area contributed by atoms with Crippen LogP contribution in [0.3, 0.4) is 0 Å². The fraction of sp³-hybridized carbons (Fsp3) is 0.242. The first-order chi connectivity index (χ1) is 18.8. The van der Waals surface area contributed by atoms with Gasteiger partial charge in [-0.05, 0) is 65.6 Å².